The van der Waals surface area contributed by atoms with Crippen molar-refractivity contribution in [3.05, 3.63) is 12.0 Å². The molecule has 5 nitrogen and oxygen atoms in total. The second-order valence-electron chi connectivity index (χ2n) is 2.45. The van der Waals surface area contributed by atoms with E-state index in [1.807, 2.05) is 0 Å². The van der Waals surface area contributed by atoms with Crippen LogP contribution >= 0.6 is 12.2 Å². The highest BCUT2D eigenvalue weighted by molar-refractivity contribution is 7.78. The molecule has 0 spiro atoms. The van der Waals surface area contributed by atoms with Crippen molar-refractivity contribution in [1.29, 1.82) is 0 Å². The maximum atomic E-state index is 11.3. The SMILES string of the molecule is CCOC(=O)c1ncn(C)c1N=C=S. The number of aromatic nitrogens is 2. The lowest BCUT2D eigenvalue weighted by atomic mass is 10.4. The first-order valence-corrected chi connectivity index (χ1v) is 4.37. The fourth-order valence-electron chi connectivity index (χ4n) is 0.942. The highest BCUT2D eigenvalue weighted by Crippen LogP contribution is 2.16. The number of isothiocyanates is 1. The third kappa shape index (κ3) is 2.04. The van der Waals surface area contributed by atoms with E-state index in [2.05, 4.69) is 27.4 Å². The van der Waals surface area contributed by atoms with Crippen LogP contribution in [0, 0.1) is 0 Å². The molecule has 0 saturated carbocycles. The Hall–Kier alpha value is -1.52. The lowest BCUT2D eigenvalue weighted by Gasteiger charge is -1.98. The molecule has 0 aliphatic carbocycles. The molecule has 0 amide bonds. The third-order valence-corrected chi connectivity index (χ3v) is 1.62. The van der Waals surface area contributed by atoms with Crippen molar-refractivity contribution < 1.29 is 9.53 Å². The van der Waals surface area contributed by atoms with E-state index in [0.29, 0.717) is 12.4 Å². The van der Waals surface area contributed by atoms with Crippen molar-refractivity contribution in [2.24, 2.45) is 12.0 Å². The van der Waals surface area contributed by atoms with Crippen LogP contribution in [0.25, 0.3) is 0 Å². The first kappa shape index (κ1) is 10.6. The second kappa shape index (κ2) is 4.64. The summed E-state index contributed by atoms with van der Waals surface area (Å²) in [5, 5.41) is 2.19. The van der Waals surface area contributed by atoms with Crippen molar-refractivity contribution in [3.8, 4) is 0 Å². The Morgan fingerprint density at radius 3 is 3.14 bits per heavy atom. The number of rotatable bonds is 3. The Bertz CT molecular complexity index is 393. The number of carbonyl (C=O) groups is 1. The third-order valence-electron chi connectivity index (χ3n) is 1.53. The summed E-state index contributed by atoms with van der Waals surface area (Å²) in [5.74, 6) is -0.143. The summed E-state index contributed by atoms with van der Waals surface area (Å²) in [7, 11) is 1.71. The molecule has 0 saturated heterocycles. The topological polar surface area (TPSA) is 56.5 Å². The van der Waals surface area contributed by atoms with Gasteiger partial charge < -0.3 is 9.30 Å². The highest BCUT2D eigenvalue weighted by atomic mass is 32.1. The molecule has 6 heteroatoms. The van der Waals surface area contributed by atoms with Crippen LogP contribution in [0.2, 0.25) is 0 Å². The zero-order chi connectivity index (χ0) is 10.6. The van der Waals surface area contributed by atoms with Gasteiger partial charge >= 0.3 is 5.97 Å². The van der Waals surface area contributed by atoms with Gasteiger partial charge in [-0.2, -0.15) is 4.99 Å². The molecule has 0 bridgehead atoms. The van der Waals surface area contributed by atoms with E-state index in [-0.39, 0.29) is 5.69 Å². The van der Waals surface area contributed by atoms with Crippen molar-refractivity contribution in [1.82, 2.24) is 9.55 Å². The molecule has 74 valence electrons. The van der Waals surface area contributed by atoms with Gasteiger partial charge in [-0.15, -0.1) is 0 Å². The summed E-state index contributed by atoms with van der Waals surface area (Å²) < 4.78 is 6.37. The molecule has 1 heterocycles. The van der Waals surface area contributed by atoms with Gasteiger partial charge in [0, 0.05) is 7.05 Å². The average Bonchev–Trinajstić information content (AvgIpc) is 2.50. The van der Waals surface area contributed by atoms with Crippen LogP contribution in [0.1, 0.15) is 17.4 Å². The van der Waals surface area contributed by atoms with Crippen molar-refractivity contribution in [2.45, 2.75) is 6.92 Å². The molecule has 14 heavy (non-hydrogen) atoms. The van der Waals surface area contributed by atoms with Crippen molar-refractivity contribution in [2.75, 3.05) is 6.61 Å². The standard InChI is InChI=1S/C8H9N3O2S/c1-3-13-8(12)6-7(10-5-14)11(2)4-9-6/h4H,3H2,1-2H3. The number of aliphatic imine (C=N–C) groups is 1. The quantitative estimate of drug-likeness (QED) is 0.430. The van der Waals surface area contributed by atoms with E-state index in [9.17, 15) is 4.79 Å². The second-order valence-corrected chi connectivity index (χ2v) is 2.63. The molecule has 1 rings (SSSR count). The lowest BCUT2D eigenvalue weighted by Crippen LogP contribution is -2.05. The molecule has 0 unspecified atom stereocenters. The minimum absolute atomic E-state index is 0.159. The normalized spacial score (nSPS) is 9.29. The van der Waals surface area contributed by atoms with Crippen LogP contribution in [0.3, 0.4) is 0 Å². The fraction of sp³-hybridized carbons (Fsp3) is 0.375. The summed E-state index contributed by atoms with van der Waals surface area (Å²) in [6.45, 7) is 2.03. The van der Waals surface area contributed by atoms with Crippen LogP contribution in [0.5, 0.6) is 0 Å². The molecule has 0 aliphatic rings. The molecular weight excluding hydrogens is 202 g/mol. The Labute approximate surface area is 86.4 Å². The molecule has 0 fully saturated rings. The van der Waals surface area contributed by atoms with Crippen LogP contribution in [0.15, 0.2) is 11.3 Å². The molecule has 0 atom stereocenters. The maximum absolute atomic E-state index is 11.3. The van der Waals surface area contributed by atoms with Gasteiger partial charge in [-0.25, -0.2) is 9.78 Å². The molecular formula is C8H9N3O2S. The van der Waals surface area contributed by atoms with Gasteiger partial charge in [0.2, 0.25) is 0 Å². The van der Waals surface area contributed by atoms with E-state index < -0.39 is 5.97 Å². The summed E-state index contributed by atoms with van der Waals surface area (Å²) in [6, 6.07) is 0. The summed E-state index contributed by atoms with van der Waals surface area (Å²) in [5.41, 5.74) is 0.159. The van der Waals surface area contributed by atoms with Crippen molar-refractivity contribution in [3.63, 3.8) is 0 Å². The first-order chi connectivity index (χ1) is 6.70. The Balaban J connectivity index is 3.08. The fourth-order valence-corrected chi connectivity index (χ4v) is 1.03. The molecule has 0 N–H and O–H groups in total. The largest absolute Gasteiger partial charge is 0.461 e. The molecule has 0 aliphatic heterocycles. The van der Waals surface area contributed by atoms with Gasteiger partial charge in [-0.1, -0.05) is 0 Å². The Morgan fingerprint density at radius 2 is 2.57 bits per heavy atom. The minimum Gasteiger partial charge on any atom is -0.461 e. The van der Waals surface area contributed by atoms with Crippen LogP contribution in [0.4, 0.5) is 5.82 Å². The van der Waals surface area contributed by atoms with E-state index in [1.54, 1.807) is 18.5 Å². The minimum atomic E-state index is -0.503. The zero-order valence-electron chi connectivity index (χ0n) is 7.85. The predicted octanol–water partition coefficient (Wildman–Crippen LogP) is 1.33. The Morgan fingerprint density at radius 1 is 1.86 bits per heavy atom. The van der Waals surface area contributed by atoms with Gasteiger partial charge in [-0.3, -0.25) is 0 Å². The van der Waals surface area contributed by atoms with Crippen LogP contribution in [-0.2, 0) is 11.8 Å². The summed E-state index contributed by atoms with van der Waals surface area (Å²) >= 11 is 4.46. The van der Waals surface area contributed by atoms with Crippen LogP contribution < -0.4 is 0 Å². The number of aryl methyl sites for hydroxylation is 1. The monoisotopic (exact) mass is 211 g/mol. The Kier molecular flexibility index (Phi) is 3.50. The van der Waals surface area contributed by atoms with Gasteiger partial charge in [0.1, 0.15) is 0 Å². The van der Waals surface area contributed by atoms with Gasteiger partial charge in [0.05, 0.1) is 18.1 Å². The van der Waals surface area contributed by atoms with E-state index in [4.69, 9.17) is 4.74 Å². The number of thiocarbonyl (C=S) groups is 1. The van der Waals surface area contributed by atoms with Gasteiger partial charge in [-0.05, 0) is 19.1 Å². The predicted molar refractivity (Wildman–Crippen MR) is 53.9 cm³/mol. The van der Waals surface area contributed by atoms with Gasteiger partial charge in [0.15, 0.2) is 11.5 Å². The molecule has 1 aromatic heterocycles. The maximum Gasteiger partial charge on any atom is 0.360 e. The lowest BCUT2D eigenvalue weighted by molar-refractivity contribution is 0.0521. The zero-order valence-corrected chi connectivity index (χ0v) is 8.67. The van der Waals surface area contributed by atoms with E-state index in [1.165, 1.54) is 6.33 Å². The number of imidazole rings is 1. The average molecular weight is 211 g/mol. The van der Waals surface area contributed by atoms with Gasteiger partial charge in [0.25, 0.3) is 0 Å². The van der Waals surface area contributed by atoms with E-state index >= 15 is 0 Å². The number of carbonyl (C=O) groups excluding carboxylic acids is 1. The van der Waals surface area contributed by atoms with Crippen LogP contribution in [-0.4, -0.2) is 27.3 Å². The molecule has 1 aromatic rings. The summed E-state index contributed by atoms with van der Waals surface area (Å²) in [6.07, 6.45) is 1.47. The van der Waals surface area contributed by atoms with E-state index in [0.717, 1.165) is 0 Å². The highest BCUT2D eigenvalue weighted by Gasteiger charge is 2.16. The summed E-state index contributed by atoms with van der Waals surface area (Å²) in [4.78, 5) is 18.9. The molecule has 0 aromatic carbocycles. The first-order valence-electron chi connectivity index (χ1n) is 3.97. The van der Waals surface area contributed by atoms with Crippen molar-refractivity contribution >= 4 is 29.2 Å². The number of ether oxygens (including phenoxy) is 1. The number of nitrogens with zero attached hydrogens (tertiary/aromatic N) is 3. The smallest absolute Gasteiger partial charge is 0.360 e. The number of hydrogen-bond donors (Lipinski definition) is 0. The number of hydrogen-bond acceptors (Lipinski definition) is 5. The number of esters is 1. The molecule has 0 radical (unpaired) electrons.